The van der Waals surface area contributed by atoms with Crippen molar-refractivity contribution in [2.75, 3.05) is 16.8 Å². The lowest BCUT2D eigenvalue weighted by Gasteiger charge is -2.20. The number of hydrogen-bond donors (Lipinski definition) is 1. The summed E-state index contributed by atoms with van der Waals surface area (Å²) in [5, 5.41) is 10.7. The Morgan fingerprint density at radius 3 is 2.70 bits per heavy atom. The third kappa shape index (κ3) is 4.18. The van der Waals surface area contributed by atoms with E-state index >= 15 is 0 Å². The van der Waals surface area contributed by atoms with E-state index in [1.54, 1.807) is 4.90 Å². The lowest BCUT2D eigenvalue weighted by Crippen LogP contribution is -2.24. The number of aromatic nitrogens is 2. The molecule has 142 valence electrons. The third-order valence-corrected chi connectivity index (χ3v) is 5.43. The highest BCUT2D eigenvalue weighted by atomic mass is 16.4. The molecule has 0 spiro atoms. The summed E-state index contributed by atoms with van der Waals surface area (Å²) in [6.45, 7) is 0.500. The average Bonchev–Trinajstić information content (AvgIpc) is 3.30. The summed E-state index contributed by atoms with van der Waals surface area (Å²) < 4.78 is 5.63. The van der Waals surface area contributed by atoms with Crippen LogP contribution in [0.2, 0.25) is 0 Å². The van der Waals surface area contributed by atoms with E-state index in [0.717, 1.165) is 18.5 Å². The van der Waals surface area contributed by atoms with Crippen LogP contribution in [0.1, 0.15) is 56.8 Å². The highest BCUT2D eigenvalue weighted by Gasteiger charge is 2.35. The summed E-state index contributed by atoms with van der Waals surface area (Å²) in [6.07, 6.45) is 6.73. The molecule has 2 fully saturated rings. The standard InChI is InChI=1S/C20H24N4O3/c25-17(11-14-7-3-1-4-8-14)21-20-23-22-19(27-20)15-12-18(26)24(13-15)16-9-5-2-6-10-16/h2,5-6,9-10,14-15H,1,3-4,7-8,11-13H2,(H,21,23,25). The van der Waals surface area contributed by atoms with E-state index in [0.29, 0.717) is 31.2 Å². The van der Waals surface area contributed by atoms with Gasteiger partial charge >= 0.3 is 6.01 Å². The molecule has 1 aliphatic carbocycles. The molecule has 2 heterocycles. The van der Waals surface area contributed by atoms with Crippen LogP contribution >= 0.6 is 0 Å². The van der Waals surface area contributed by atoms with Gasteiger partial charge in [-0.2, -0.15) is 0 Å². The van der Waals surface area contributed by atoms with Crippen molar-refractivity contribution < 1.29 is 14.0 Å². The molecular formula is C20H24N4O3. The molecule has 2 aromatic rings. The van der Waals surface area contributed by atoms with Crippen LogP contribution in [0.25, 0.3) is 0 Å². The number of nitrogens with zero attached hydrogens (tertiary/aromatic N) is 3. The molecule has 1 atom stereocenters. The number of amides is 2. The molecule has 0 radical (unpaired) electrons. The fraction of sp³-hybridized carbons (Fsp3) is 0.500. The fourth-order valence-corrected chi connectivity index (χ4v) is 4.00. The van der Waals surface area contributed by atoms with Gasteiger partial charge < -0.3 is 9.32 Å². The Morgan fingerprint density at radius 2 is 1.93 bits per heavy atom. The van der Waals surface area contributed by atoms with Crippen LogP contribution < -0.4 is 10.2 Å². The van der Waals surface area contributed by atoms with Gasteiger partial charge in [0.15, 0.2) is 0 Å². The number of carbonyl (C=O) groups is 2. The zero-order valence-electron chi connectivity index (χ0n) is 15.3. The number of rotatable bonds is 5. The quantitative estimate of drug-likeness (QED) is 0.872. The number of para-hydroxylation sites is 1. The zero-order valence-corrected chi connectivity index (χ0v) is 15.3. The molecular weight excluding hydrogens is 344 g/mol. The molecule has 1 N–H and O–H groups in total. The first-order valence-electron chi connectivity index (χ1n) is 9.67. The summed E-state index contributed by atoms with van der Waals surface area (Å²) in [5.74, 6) is 0.648. The zero-order chi connectivity index (χ0) is 18.6. The molecule has 7 heteroatoms. The van der Waals surface area contributed by atoms with Crippen molar-refractivity contribution in [3.05, 3.63) is 36.2 Å². The van der Waals surface area contributed by atoms with Gasteiger partial charge in [-0.3, -0.25) is 14.9 Å². The molecule has 7 nitrogen and oxygen atoms in total. The SMILES string of the molecule is O=C(CC1CCCCC1)Nc1nnc(C2CC(=O)N(c3ccccc3)C2)o1. The second-order valence-electron chi connectivity index (χ2n) is 7.44. The fourth-order valence-electron chi connectivity index (χ4n) is 4.00. The van der Waals surface area contributed by atoms with E-state index in [1.807, 2.05) is 30.3 Å². The third-order valence-electron chi connectivity index (χ3n) is 5.43. The Kier molecular flexibility index (Phi) is 5.18. The second-order valence-corrected chi connectivity index (χ2v) is 7.44. The van der Waals surface area contributed by atoms with Gasteiger partial charge in [0.2, 0.25) is 17.7 Å². The topological polar surface area (TPSA) is 88.3 Å². The first-order chi connectivity index (χ1) is 13.2. The van der Waals surface area contributed by atoms with Crippen molar-refractivity contribution in [3.8, 4) is 0 Å². The minimum absolute atomic E-state index is 0.0345. The molecule has 1 saturated heterocycles. The molecule has 1 unspecified atom stereocenters. The number of benzene rings is 1. The number of carbonyl (C=O) groups excluding carboxylic acids is 2. The first kappa shape index (κ1) is 17.7. The highest BCUT2D eigenvalue weighted by molar-refractivity contribution is 5.96. The molecule has 2 aliphatic rings. The molecule has 1 aromatic carbocycles. The maximum atomic E-state index is 12.3. The molecule has 0 bridgehead atoms. The van der Waals surface area contributed by atoms with Crippen molar-refractivity contribution in [1.29, 1.82) is 0 Å². The highest BCUT2D eigenvalue weighted by Crippen LogP contribution is 2.32. The van der Waals surface area contributed by atoms with Gasteiger partial charge in [0.25, 0.3) is 0 Å². The van der Waals surface area contributed by atoms with Crippen molar-refractivity contribution in [1.82, 2.24) is 10.2 Å². The van der Waals surface area contributed by atoms with Crippen LogP contribution in [-0.2, 0) is 9.59 Å². The molecule has 27 heavy (non-hydrogen) atoms. The van der Waals surface area contributed by atoms with E-state index in [2.05, 4.69) is 15.5 Å². The monoisotopic (exact) mass is 368 g/mol. The minimum Gasteiger partial charge on any atom is -0.407 e. The lowest BCUT2D eigenvalue weighted by molar-refractivity contribution is -0.118. The van der Waals surface area contributed by atoms with Crippen LogP contribution in [-0.4, -0.2) is 28.6 Å². The maximum Gasteiger partial charge on any atom is 0.322 e. The van der Waals surface area contributed by atoms with Gasteiger partial charge in [0.05, 0.1) is 5.92 Å². The summed E-state index contributed by atoms with van der Waals surface area (Å²) in [4.78, 5) is 26.3. The summed E-state index contributed by atoms with van der Waals surface area (Å²) >= 11 is 0. The van der Waals surface area contributed by atoms with E-state index in [-0.39, 0.29) is 23.7 Å². The van der Waals surface area contributed by atoms with Crippen molar-refractivity contribution in [2.24, 2.45) is 5.92 Å². The van der Waals surface area contributed by atoms with E-state index in [9.17, 15) is 9.59 Å². The van der Waals surface area contributed by atoms with Gasteiger partial charge in [-0.15, -0.1) is 5.10 Å². The Bertz CT molecular complexity index is 799. The largest absolute Gasteiger partial charge is 0.407 e. The van der Waals surface area contributed by atoms with Crippen LogP contribution in [0, 0.1) is 5.92 Å². The summed E-state index contributed by atoms with van der Waals surface area (Å²) in [7, 11) is 0. The Hall–Kier alpha value is -2.70. The van der Waals surface area contributed by atoms with Crippen molar-refractivity contribution in [3.63, 3.8) is 0 Å². The van der Waals surface area contributed by atoms with Gasteiger partial charge in [-0.25, -0.2) is 0 Å². The summed E-state index contributed by atoms with van der Waals surface area (Å²) in [5.41, 5.74) is 0.866. The summed E-state index contributed by atoms with van der Waals surface area (Å²) in [6, 6.07) is 9.67. The first-order valence-corrected chi connectivity index (χ1v) is 9.67. The predicted octanol–water partition coefficient (Wildman–Crippen LogP) is 3.50. The van der Waals surface area contributed by atoms with E-state index in [4.69, 9.17) is 4.42 Å². The Labute approximate surface area is 158 Å². The Balaban J connectivity index is 1.35. The normalized spacial score (nSPS) is 20.8. The van der Waals surface area contributed by atoms with Crippen LogP contribution in [0.4, 0.5) is 11.7 Å². The average molecular weight is 368 g/mol. The van der Waals surface area contributed by atoms with Crippen molar-refractivity contribution >= 4 is 23.5 Å². The van der Waals surface area contributed by atoms with Gasteiger partial charge in [-0.1, -0.05) is 42.6 Å². The minimum atomic E-state index is -0.158. The lowest BCUT2D eigenvalue weighted by atomic mass is 9.87. The van der Waals surface area contributed by atoms with Gasteiger partial charge in [0.1, 0.15) is 0 Å². The number of nitrogens with one attached hydrogen (secondary N) is 1. The molecule has 1 aliphatic heterocycles. The number of anilines is 2. The smallest absolute Gasteiger partial charge is 0.322 e. The molecule has 1 aromatic heterocycles. The van der Waals surface area contributed by atoms with E-state index in [1.165, 1.54) is 19.3 Å². The second kappa shape index (κ2) is 7.90. The number of hydrogen-bond acceptors (Lipinski definition) is 5. The van der Waals surface area contributed by atoms with Gasteiger partial charge in [0, 0.05) is 25.1 Å². The van der Waals surface area contributed by atoms with E-state index < -0.39 is 0 Å². The van der Waals surface area contributed by atoms with Crippen LogP contribution in [0.5, 0.6) is 0 Å². The van der Waals surface area contributed by atoms with Crippen LogP contribution in [0.3, 0.4) is 0 Å². The van der Waals surface area contributed by atoms with Crippen molar-refractivity contribution in [2.45, 2.75) is 50.9 Å². The Morgan fingerprint density at radius 1 is 1.15 bits per heavy atom. The molecule has 2 amide bonds. The predicted molar refractivity (Wildman–Crippen MR) is 100 cm³/mol. The molecule has 1 saturated carbocycles. The van der Waals surface area contributed by atoms with Crippen LogP contribution in [0.15, 0.2) is 34.7 Å². The van der Waals surface area contributed by atoms with Gasteiger partial charge in [-0.05, 0) is 30.9 Å². The maximum absolute atomic E-state index is 12.3. The molecule has 4 rings (SSSR count).